The van der Waals surface area contributed by atoms with Gasteiger partial charge in [0.25, 0.3) is 0 Å². The summed E-state index contributed by atoms with van der Waals surface area (Å²) >= 11 is 0. The summed E-state index contributed by atoms with van der Waals surface area (Å²) in [5.74, 6) is -0.316. The number of aromatic nitrogens is 1. The third-order valence-corrected chi connectivity index (χ3v) is 8.74. The Balaban J connectivity index is 1.60. The van der Waals surface area contributed by atoms with Crippen molar-refractivity contribution >= 4 is 0 Å². The van der Waals surface area contributed by atoms with Crippen molar-refractivity contribution in [2.24, 2.45) is 5.41 Å². The van der Waals surface area contributed by atoms with Crippen LogP contribution in [0.3, 0.4) is 0 Å². The number of hydrogen-bond donors (Lipinski definition) is 2. The van der Waals surface area contributed by atoms with Crippen LogP contribution < -0.4 is 4.74 Å². The van der Waals surface area contributed by atoms with Crippen molar-refractivity contribution in [2.75, 3.05) is 20.3 Å². The van der Waals surface area contributed by atoms with E-state index in [1.807, 2.05) is 13.8 Å². The lowest BCUT2D eigenvalue weighted by Crippen LogP contribution is -2.37. The highest BCUT2D eigenvalue weighted by atomic mass is 19.4. The fraction of sp³-hybridized carbons (Fsp3) is 0.607. The van der Waals surface area contributed by atoms with Gasteiger partial charge in [-0.2, -0.15) is 13.2 Å². The Morgan fingerprint density at radius 2 is 1.78 bits per heavy atom. The predicted octanol–water partition coefficient (Wildman–Crippen LogP) is 5.61. The molecule has 0 bridgehead atoms. The molecule has 0 radical (unpaired) electrons. The number of rotatable bonds is 3. The number of pyridine rings is 1. The average molecular weight is 520 g/mol. The van der Waals surface area contributed by atoms with Gasteiger partial charge in [-0.25, -0.2) is 0 Å². The number of aliphatic hydroxyl groups is 2. The first-order chi connectivity index (χ1) is 17.5. The SMILES string of the molecule is COc1cc(C2OC3(CCOCC3)c3c4c(nc(C(C)C)c32)[C@H](O)C2(CC2)CC4O)ccc1C(F)(F)F. The van der Waals surface area contributed by atoms with Gasteiger partial charge in [-0.3, -0.25) is 4.98 Å². The van der Waals surface area contributed by atoms with Gasteiger partial charge >= 0.3 is 6.18 Å². The minimum atomic E-state index is -4.55. The van der Waals surface area contributed by atoms with Crippen LogP contribution in [0.15, 0.2) is 18.2 Å². The van der Waals surface area contributed by atoms with E-state index in [4.69, 9.17) is 19.2 Å². The van der Waals surface area contributed by atoms with Gasteiger partial charge in [-0.05, 0) is 48.4 Å². The molecule has 2 N–H and O–H groups in total. The molecule has 1 saturated heterocycles. The van der Waals surface area contributed by atoms with Crippen molar-refractivity contribution < 1.29 is 37.6 Å². The molecule has 4 aliphatic rings. The van der Waals surface area contributed by atoms with E-state index >= 15 is 0 Å². The molecule has 2 spiro atoms. The minimum Gasteiger partial charge on any atom is -0.496 e. The number of nitrogens with zero attached hydrogens (tertiary/aromatic N) is 1. The standard InChI is InChI=1S/C28H32F3NO5/c1-14(2)22-20-21(19-17(33)13-26(6-7-26)25(34)23(19)32-22)27(8-10-36-11-9-27)37-24(20)15-4-5-16(28(29,30)31)18(12-15)35-3/h4-5,12,14,17,24-25,33-34H,6-11,13H2,1-3H3/t17?,24?,25-/m0/s1. The van der Waals surface area contributed by atoms with E-state index in [1.165, 1.54) is 19.2 Å². The highest BCUT2D eigenvalue weighted by Crippen LogP contribution is 2.66. The Kier molecular flexibility index (Phi) is 5.70. The van der Waals surface area contributed by atoms with Crippen molar-refractivity contribution in [2.45, 2.75) is 82.0 Å². The van der Waals surface area contributed by atoms with Gasteiger partial charge in [0.05, 0.1) is 30.1 Å². The molecule has 2 unspecified atom stereocenters. The van der Waals surface area contributed by atoms with E-state index in [0.29, 0.717) is 49.3 Å². The summed E-state index contributed by atoms with van der Waals surface area (Å²) in [5, 5.41) is 22.8. The molecule has 6 rings (SSSR count). The summed E-state index contributed by atoms with van der Waals surface area (Å²) in [5.41, 5.74) is 2.09. The van der Waals surface area contributed by atoms with Crippen LogP contribution in [0.2, 0.25) is 0 Å². The summed E-state index contributed by atoms with van der Waals surface area (Å²) in [6.45, 7) is 4.93. The maximum atomic E-state index is 13.6. The van der Waals surface area contributed by atoms with Crippen molar-refractivity contribution in [1.82, 2.24) is 4.98 Å². The number of alkyl halides is 3. The molecule has 200 valence electrons. The second-order valence-corrected chi connectivity index (χ2v) is 11.3. The molecule has 2 aromatic rings. The van der Waals surface area contributed by atoms with Crippen LogP contribution in [-0.4, -0.2) is 35.5 Å². The zero-order valence-electron chi connectivity index (χ0n) is 21.2. The zero-order chi connectivity index (χ0) is 26.3. The summed E-state index contributed by atoms with van der Waals surface area (Å²) in [6.07, 6.45) is -3.57. The zero-order valence-corrected chi connectivity index (χ0v) is 21.2. The van der Waals surface area contributed by atoms with Gasteiger partial charge in [0.15, 0.2) is 0 Å². The normalized spacial score (nSPS) is 27.4. The molecule has 6 nitrogen and oxygen atoms in total. The molecule has 3 heterocycles. The average Bonchev–Trinajstić information content (AvgIpc) is 3.57. The predicted molar refractivity (Wildman–Crippen MR) is 127 cm³/mol. The smallest absolute Gasteiger partial charge is 0.419 e. The largest absolute Gasteiger partial charge is 0.496 e. The van der Waals surface area contributed by atoms with Crippen molar-refractivity contribution in [3.63, 3.8) is 0 Å². The first-order valence-electron chi connectivity index (χ1n) is 13.0. The number of methoxy groups -OCH3 is 1. The lowest BCUT2D eigenvalue weighted by atomic mass is 9.72. The highest BCUT2D eigenvalue weighted by Gasteiger charge is 2.59. The lowest BCUT2D eigenvalue weighted by Gasteiger charge is -2.40. The molecule has 9 heteroatoms. The molecule has 3 atom stereocenters. The van der Waals surface area contributed by atoms with Gasteiger partial charge < -0.3 is 24.4 Å². The first kappa shape index (κ1) is 25.1. The van der Waals surface area contributed by atoms with E-state index in [9.17, 15) is 23.4 Å². The van der Waals surface area contributed by atoms with Gasteiger partial charge in [-0.15, -0.1) is 0 Å². The highest BCUT2D eigenvalue weighted by molar-refractivity contribution is 5.56. The van der Waals surface area contributed by atoms with Crippen LogP contribution in [0.25, 0.3) is 0 Å². The van der Waals surface area contributed by atoms with Crippen molar-refractivity contribution in [3.05, 3.63) is 57.4 Å². The Bertz CT molecular complexity index is 1230. The van der Waals surface area contributed by atoms with Crippen LogP contribution in [0, 0.1) is 5.41 Å². The molecule has 2 fully saturated rings. The van der Waals surface area contributed by atoms with E-state index in [0.717, 1.165) is 35.7 Å². The second-order valence-electron chi connectivity index (χ2n) is 11.3. The molecule has 37 heavy (non-hydrogen) atoms. The monoisotopic (exact) mass is 519 g/mol. The van der Waals surface area contributed by atoms with E-state index < -0.39 is 35.7 Å². The fourth-order valence-electron chi connectivity index (χ4n) is 6.67. The topological polar surface area (TPSA) is 81.0 Å². The molecule has 1 aromatic carbocycles. The van der Waals surface area contributed by atoms with Crippen molar-refractivity contribution in [1.29, 1.82) is 0 Å². The molecule has 1 saturated carbocycles. The van der Waals surface area contributed by atoms with Gasteiger partial charge in [-0.1, -0.05) is 19.9 Å². The molecule has 2 aliphatic carbocycles. The third kappa shape index (κ3) is 3.72. The quantitative estimate of drug-likeness (QED) is 0.549. The maximum Gasteiger partial charge on any atom is 0.419 e. The van der Waals surface area contributed by atoms with Crippen molar-refractivity contribution in [3.8, 4) is 5.75 Å². The number of hydrogen-bond acceptors (Lipinski definition) is 6. The van der Waals surface area contributed by atoms with E-state index in [1.54, 1.807) is 0 Å². The molecule has 1 aromatic heterocycles. The number of halogens is 3. The Morgan fingerprint density at radius 3 is 2.38 bits per heavy atom. The molecular formula is C28H32F3NO5. The molecule has 0 amide bonds. The Hall–Kier alpha value is -2.20. The minimum absolute atomic E-state index is 0.0436. The Morgan fingerprint density at radius 1 is 1.08 bits per heavy atom. The molecular weight excluding hydrogens is 487 g/mol. The summed E-state index contributed by atoms with van der Waals surface area (Å²) < 4.78 is 58.4. The van der Waals surface area contributed by atoms with Crippen LogP contribution in [-0.2, 0) is 21.3 Å². The number of fused-ring (bicyclic) bond motifs is 4. The lowest BCUT2D eigenvalue weighted by molar-refractivity contribution is -0.139. The van der Waals surface area contributed by atoms with Crippen LogP contribution in [0.4, 0.5) is 13.2 Å². The first-order valence-corrected chi connectivity index (χ1v) is 13.0. The number of benzene rings is 1. The summed E-state index contributed by atoms with van der Waals surface area (Å²) in [7, 11) is 1.22. The third-order valence-electron chi connectivity index (χ3n) is 8.74. The van der Waals surface area contributed by atoms with E-state index in [-0.39, 0.29) is 17.1 Å². The van der Waals surface area contributed by atoms with E-state index in [2.05, 4.69) is 0 Å². The second kappa shape index (κ2) is 8.40. The van der Waals surface area contributed by atoms with Crippen LogP contribution in [0.1, 0.15) is 109 Å². The molecule has 2 aliphatic heterocycles. The fourth-order valence-corrected chi connectivity index (χ4v) is 6.67. The summed E-state index contributed by atoms with van der Waals surface area (Å²) in [4.78, 5) is 4.97. The maximum absolute atomic E-state index is 13.6. The summed E-state index contributed by atoms with van der Waals surface area (Å²) in [6, 6.07) is 3.86. The Labute approximate surface area is 213 Å². The van der Waals surface area contributed by atoms with Gasteiger partial charge in [0.1, 0.15) is 18.0 Å². The van der Waals surface area contributed by atoms with Gasteiger partial charge in [0.2, 0.25) is 0 Å². The number of ether oxygens (including phenoxy) is 3. The van der Waals surface area contributed by atoms with Crippen LogP contribution in [0.5, 0.6) is 5.75 Å². The van der Waals surface area contributed by atoms with Crippen LogP contribution >= 0.6 is 0 Å². The van der Waals surface area contributed by atoms with Gasteiger partial charge in [0, 0.05) is 48.3 Å². The number of aliphatic hydroxyl groups excluding tert-OH is 2.